The first-order valence-corrected chi connectivity index (χ1v) is 9.64. The van der Waals surface area contributed by atoms with Gasteiger partial charge in [0, 0.05) is 17.7 Å². The van der Waals surface area contributed by atoms with E-state index in [1.807, 2.05) is 20.8 Å². The van der Waals surface area contributed by atoms with Crippen LogP contribution >= 0.6 is 46.1 Å². The van der Waals surface area contributed by atoms with Gasteiger partial charge in [-0.3, -0.25) is 15.6 Å². The molecule has 0 radical (unpaired) electrons. The zero-order valence-electron chi connectivity index (χ0n) is 13.9. The lowest BCUT2D eigenvalue weighted by molar-refractivity contribution is -0.119. The molecule has 0 saturated carbocycles. The highest BCUT2D eigenvalue weighted by molar-refractivity contribution is 7.19. The number of alkyl halides is 3. The van der Waals surface area contributed by atoms with Gasteiger partial charge >= 0.3 is 0 Å². The third-order valence-electron chi connectivity index (χ3n) is 3.84. The third-order valence-corrected chi connectivity index (χ3v) is 5.46. The summed E-state index contributed by atoms with van der Waals surface area (Å²) >= 11 is 18.3. The van der Waals surface area contributed by atoms with Crippen molar-refractivity contribution in [1.29, 1.82) is 0 Å². The highest BCUT2D eigenvalue weighted by Gasteiger charge is 2.33. The lowest BCUT2D eigenvalue weighted by Crippen LogP contribution is -2.38. The van der Waals surface area contributed by atoms with Crippen LogP contribution in [-0.2, 0) is 29.0 Å². The first-order chi connectivity index (χ1) is 11.6. The molecule has 136 valence electrons. The molecule has 0 unspecified atom stereocenters. The zero-order chi connectivity index (χ0) is 18.4. The quantitative estimate of drug-likeness (QED) is 0.578. The van der Waals surface area contributed by atoms with E-state index in [9.17, 15) is 4.79 Å². The van der Waals surface area contributed by atoms with Gasteiger partial charge in [0.05, 0.1) is 17.6 Å². The normalized spacial score (nSPS) is 16.6. The summed E-state index contributed by atoms with van der Waals surface area (Å²) in [7, 11) is 0. The summed E-state index contributed by atoms with van der Waals surface area (Å²) in [5.74, 6) is 0.381. The Morgan fingerprint density at radius 1 is 1.36 bits per heavy atom. The molecule has 0 aliphatic carbocycles. The fourth-order valence-electron chi connectivity index (χ4n) is 2.62. The van der Waals surface area contributed by atoms with Crippen molar-refractivity contribution in [3.8, 4) is 0 Å². The molecule has 1 aliphatic rings. The van der Waals surface area contributed by atoms with Crippen LogP contribution in [0.1, 0.15) is 37.0 Å². The van der Waals surface area contributed by atoms with E-state index in [0.29, 0.717) is 24.7 Å². The molecule has 10 heteroatoms. The van der Waals surface area contributed by atoms with Crippen LogP contribution in [0.15, 0.2) is 0 Å². The van der Waals surface area contributed by atoms with Gasteiger partial charge in [-0.25, -0.2) is 9.97 Å². The van der Waals surface area contributed by atoms with Crippen LogP contribution in [0.2, 0.25) is 0 Å². The topological polar surface area (TPSA) is 76.1 Å². The molecule has 25 heavy (non-hydrogen) atoms. The molecule has 2 N–H and O–H groups in total. The predicted octanol–water partition coefficient (Wildman–Crippen LogP) is 3.92. The van der Waals surface area contributed by atoms with E-state index in [0.717, 1.165) is 27.1 Å². The highest BCUT2D eigenvalue weighted by atomic mass is 35.6. The van der Waals surface area contributed by atoms with Crippen LogP contribution in [0.3, 0.4) is 0 Å². The molecular formula is C15H17Cl3N4O2S. The van der Waals surface area contributed by atoms with E-state index in [4.69, 9.17) is 39.5 Å². The van der Waals surface area contributed by atoms with Crippen LogP contribution in [0, 0.1) is 0 Å². The average Bonchev–Trinajstić information content (AvgIpc) is 2.87. The fourth-order valence-corrected chi connectivity index (χ4v) is 3.89. The Hall–Kier alpha value is -0.860. The van der Waals surface area contributed by atoms with Crippen molar-refractivity contribution in [3.63, 3.8) is 0 Å². The number of aryl methyl sites for hydroxylation is 1. The predicted molar refractivity (Wildman–Crippen MR) is 101 cm³/mol. The number of hydrazine groups is 1. The Morgan fingerprint density at radius 3 is 2.72 bits per heavy atom. The molecular weight excluding hydrogens is 407 g/mol. The van der Waals surface area contributed by atoms with E-state index in [1.54, 1.807) is 11.3 Å². The van der Waals surface area contributed by atoms with Crippen LogP contribution in [0.25, 0.3) is 10.2 Å². The van der Waals surface area contributed by atoms with Crippen molar-refractivity contribution in [2.24, 2.45) is 0 Å². The molecule has 1 aliphatic heterocycles. The van der Waals surface area contributed by atoms with Crippen LogP contribution in [-0.4, -0.2) is 25.3 Å². The maximum Gasteiger partial charge on any atom is 0.290 e. The largest absolute Gasteiger partial charge is 0.370 e. The molecule has 2 aromatic heterocycles. The molecule has 0 aromatic carbocycles. The van der Waals surface area contributed by atoms with Crippen LogP contribution in [0.4, 0.5) is 5.82 Å². The minimum atomic E-state index is -2.06. The Balaban J connectivity index is 2.04. The van der Waals surface area contributed by atoms with Crippen LogP contribution < -0.4 is 10.9 Å². The van der Waals surface area contributed by atoms with Crippen molar-refractivity contribution >= 4 is 68.1 Å². The maximum atomic E-state index is 11.8. The van der Waals surface area contributed by atoms with Crippen molar-refractivity contribution in [2.75, 3.05) is 5.43 Å². The second-order valence-corrected chi connectivity index (χ2v) is 9.69. The number of nitrogens with one attached hydrogen (secondary N) is 2. The monoisotopic (exact) mass is 422 g/mol. The zero-order valence-corrected chi connectivity index (χ0v) is 17.0. The highest BCUT2D eigenvalue weighted by Crippen LogP contribution is 2.40. The molecule has 2 aromatic rings. The lowest BCUT2D eigenvalue weighted by atomic mass is 9.94. The maximum absolute atomic E-state index is 11.8. The van der Waals surface area contributed by atoms with Gasteiger partial charge in [-0.05, 0) is 19.4 Å². The standard InChI is InChI=1S/C15H17Cl3N4O2S/c1-4-9-19-11(21-22-13(23)15(16,17)18)10-7-5-14(2,3)24-6-8(7)25-12(10)20-9/h4-6H2,1-3H3,(H,22,23)(H,19,20,21). The van der Waals surface area contributed by atoms with Crippen molar-refractivity contribution in [3.05, 3.63) is 16.3 Å². The van der Waals surface area contributed by atoms with Gasteiger partial charge in [0.25, 0.3) is 9.70 Å². The Morgan fingerprint density at radius 2 is 2.08 bits per heavy atom. The fraction of sp³-hybridized carbons (Fsp3) is 0.533. The minimum Gasteiger partial charge on any atom is -0.370 e. The lowest BCUT2D eigenvalue weighted by Gasteiger charge is -2.30. The molecule has 0 bridgehead atoms. The van der Waals surface area contributed by atoms with Gasteiger partial charge in [0.15, 0.2) is 5.82 Å². The van der Waals surface area contributed by atoms with E-state index in [1.165, 1.54) is 0 Å². The molecule has 1 amide bonds. The molecule has 0 saturated heterocycles. The number of thiophene rings is 1. The first kappa shape index (κ1) is 18.9. The van der Waals surface area contributed by atoms with E-state index in [-0.39, 0.29) is 5.60 Å². The van der Waals surface area contributed by atoms with Gasteiger partial charge in [0.2, 0.25) is 0 Å². The van der Waals surface area contributed by atoms with E-state index >= 15 is 0 Å². The van der Waals surface area contributed by atoms with Crippen molar-refractivity contribution < 1.29 is 9.53 Å². The number of carbonyl (C=O) groups is 1. The van der Waals surface area contributed by atoms with Crippen LogP contribution in [0.5, 0.6) is 0 Å². The molecule has 3 heterocycles. The summed E-state index contributed by atoms with van der Waals surface area (Å²) in [5.41, 5.74) is 6.05. The summed E-state index contributed by atoms with van der Waals surface area (Å²) in [6, 6.07) is 0. The summed E-state index contributed by atoms with van der Waals surface area (Å²) in [4.78, 5) is 22.9. The van der Waals surface area contributed by atoms with E-state index < -0.39 is 9.70 Å². The number of aromatic nitrogens is 2. The molecule has 0 fully saturated rings. The first-order valence-electron chi connectivity index (χ1n) is 7.69. The number of hydrogen-bond donors (Lipinski definition) is 2. The number of fused-ring (bicyclic) bond motifs is 3. The Labute approximate surface area is 164 Å². The number of hydrogen-bond acceptors (Lipinski definition) is 6. The number of anilines is 1. The van der Waals surface area contributed by atoms with Gasteiger partial charge < -0.3 is 4.74 Å². The Bertz CT molecular complexity index is 832. The minimum absolute atomic E-state index is 0.275. The average molecular weight is 424 g/mol. The van der Waals surface area contributed by atoms with Crippen molar-refractivity contribution in [1.82, 2.24) is 15.4 Å². The smallest absolute Gasteiger partial charge is 0.290 e. The van der Waals surface area contributed by atoms with Gasteiger partial charge in [-0.2, -0.15) is 0 Å². The number of amides is 1. The van der Waals surface area contributed by atoms with Gasteiger partial charge in [-0.15, -0.1) is 11.3 Å². The molecule has 3 rings (SSSR count). The Kier molecular flexibility index (Phi) is 5.07. The molecule has 0 atom stereocenters. The number of halogens is 3. The van der Waals surface area contributed by atoms with Gasteiger partial charge in [-0.1, -0.05) is 41.7 Å². The molecule has 6 nitrogen and oxygen atoms in total. The second-order valence-electron chi connectivity index (χ2n) is 6.33. The van der Waals surface area contributed by atoms with Gasteiger partial charge in [0.1, 0.15) is 10.7 Å². The molecule has 0 spiro atoms. The second kappa shape index (κ2) is 6.70. The summed E-state index contributed by atoms with van der Waals surface area (Å²) in [6.45, 7) is 6.58. The number of ether oxygens (including phenoxy) is 1. The number of rotatable bonds is 3. The van der Waals surface area contributed by atoms with Crippen molar-refractivity contribution in [2.45, 2.75) is 49.6 Å². The third kappa shape index (κ3) is 3.95. The summed E-state index contributed by atoms with van der Waals surface area (Å²) in [5, 5.41) is 0.873. The summed E-state index contributed by atoms with van der Waals surface area (Å²) < 4.78 is 3.82. The SMILES string of the molecule is CCc1nc(NNC(=O)C(Cl)(Cl)Cl)c2c3c(sc2n1)COC(C)(C)C3. The number of carbonyl (C=O) groups excluding carboxylic acids is 1. The summed E-state index contributed by atoms with van der Waals surface area (Å²) in [6.07, 6.45) is 1.39. The number of nitrogens with zero attached hydrogens (tertiary/aromatic N) is 2. The van der Waals surface area contributed by atoms with E-state index in [2.05, 4.69) is 20.8 Å².